The van der Waals surface area contributed by atoms with Crippen LogP contribution < -0.4 is 0 Å². The minimum atomic E-state index is 0.799. The van der Waals surface area contributed by atoms with E-state index in [1.54, 1.807) is 0 Å². The molecule has 2 fully saturated rings. The zero-order chi connectivity index (χ0) is 14.9. The molecule has 0 heterocycles. The second-order valence-electron chi connectivity index (χ2n) is 7.13. The van der Waals surface area contributed by atoms with E-state index >= 15 is 0 Å². The Morgan fingerprint density at radius 3 is 1.81 bits per heavy atom. The average molecular weight is 294 g/mol. The lowest BCUT2D eigenvalue weighted by Gasteiger charge is -2.37. The van der Waals surface area contributed by atoms with E-state index in [1.165, 1.54) is 51.4 Å². The van der Waals surface area contributed by atoms with Crippen molar-refractivity contribution in [2.45, 2.75) is 64.7 Å². The number of rotatable bonds is 7. The highest BCUT2D eigenvalue weighted by Gasteiger charge is 2.30. The van der Waals surface area contributed by atoms with Crippen molar-refractivity contribution in [2.24, 2.45) is 23.7 Å². The molecule has 2 rings (SSSR count). The van der Waals surface area contributed by atoms with Crippen molar-refractivity contribution in [3.63, 3.8) is 0 Å². The van der Waals surface area contributed by atoms with Crippen molar-refractivity contribution in [3.05, 3.63) is 12.3 Å². The Morgan fingerprint density at radius 2 is 1.33 bits per heavy atom. The minimum Gasteiger partial charge on any atom is -0.501 e. The van der Waals surface area contributed by atoms with Crippen LogP contribution in [-0.2, 0) is 9.47 Å². The van der Waals surface area contributed by atoms with Crippen LogP contribution in [0.4, 0.5) is 0 Å². The van der Waals surface area contributed by atoms with Gasteiger partial charge in [-0.05, 0) is 81.5 Å². The predicted molar refractivity (Wildman–Crippen MR) is 88.2 cm³/mol. The summed E-state index contributed by atoms with van der Waals surface area (Å²) in [5, 5.41) is 0. The van der Waals surface area contributed by atoms with Crippen LogP contribution in [0.3, 0.4) is 0 Å². The van der Waals surface area contributed by atoms with E-state index in [4.69, 9.17) is 9.47 Å². The predicted octanol–water partition coefficient (Wildman–Crippen LogP) is 5.19. The van der Waals surface area contributed by atoms with Gasteiger partial charge in [0.25, 0.3) is 0 Å². The summed E-state index contributed by atoms with van der Waals surface area (Å²) < 4.78 is 11.0. The largest absolute Gasteiger partial charge is 0.501 e. The summed E-state index contributed by atoms with van der Waals surface area (Å²) >= 11 is 0. The number of ether oxygens (including phenoxy) is 2. The molecule has 122 valence electrons. The first kappa shape index (κ1) is 16.9. The van der Waals surface area contributed by atoms with Crippen LogP contribution in [0.25, 0.3) is 0 Å². The van der Waals surface area contributed by atoms with Gasteiger partial charge in [0.15, 0.2) is 0 Å². The molecular weight excluding hydrogens is 260 g/mol. The lowest BCUT2D eigenvalue weighted by atomic mass is 9.69. The monoisotopic (exact) mass is 294 g/mol. The molecule has 2 saturated carbocycles. The fraction of sp³-hybridized carbons (Fsp3) is 0.895. The second kappa shape index (κ2) is 9.50. The molecule has 21 heavy (non-hydrogen) atoms. The van der Waals surface area contributed by atoms with E-state index in [0.717, 1.165) is 43.3 Å². The smallest absolute Gasteiger partial charge is 0.0901 e. The maximum atomic E-state index is 5.64. The van der Waals surface area contributed by atoms with Crippen molar-refractivity contribution in [3.8, 4) is 0 Å². The normalized spacial score (nSPS) is 34.2. The number of methoxy groups -OCH3 is 1. The number of hydrogen-bond acceptors (Lipinski definition) is 2. The Kier molecular flexibility index (Phi) is 7.63. The molecule has 0 atom stereocenters. The maximum Gasteiger partial charge on any atom is 0.0901 e. The first-order valence-corrected chi connectivity index (χ1v) is 9.09. The summed E-state index contributed by atoms with van der Waals surface area (Å²) in [4.78, 5) is 0. The molecule has 0 bridgehead atoms. The molecule has 0 aromatic carbocycles. The summed E-state index contributed by atoms with van der Waals surface area (Å²) in [5.74, 6) is 3.63. The van der Waals surface area contributed by atoms with E-state index in [-0.39, 0.29) is 0 Å². The first-order valence-electron chi connectivity index (χ1n) is 9.09. The highest BCUT2D eigenvalue weighted by Crippen LogP contribution is 2.41. The number of allylic oxidation sites excluding steroid dienone is 1. The SMILES string of the molecule is CCC=COC[C@H]1CC[C@H]([C@H]2CC[C@H](COC)CC2)CC1. The van der Waals surface area contributed by atoms with Crippen molar-refractivity contribution in [2.75, 3.05) is 20.3 Å². The van der Waals surface area contributed by atoms with Crippen LogP contribution >= 0.6 is 0 Å². The van der Waals surface area contributed by atoms with Crippen LogP contribution in [0.15, 0.2) is 12.3 Å². The van der Waals surface area contributed by atoms with E-state index in [1.807, 2.05) is 13.4 Å². The molecule has 0 amide bonds. The highest BCUT2D eigenvalue weighted by atomic mass is 16.5. The Labute approximate surface area is 131 Å². The summed E-state index contributed by atoms with van der Waals surface area (Å²) in [5.41, 5.74) is 0. The van der Waals surface area contributed by atoms with Crippen LogP contribution in [0, 0.1) is 23.7 Å². The molecule has 2 aliphatic rings. The lowest BCUT2D eigenvalue weighted by molar-refractivity contribution is 0.0834. The average Bonchev–Trinajstić information content (AvgIpc) is 2.53. The van der Waals surface area contributed by atoms with Crippen LogP contribution in [0.5, 0.6) is 0 Å². The topological polar surface area (TPSA) is 18.5 Å². The van der Waals surface area contributed by atoms with E-state index in [0.29, 0.717) is 0 Å². The van der Waals surface area contributed by atoms with Gasteiger partial charge >= 0.3 is 0 Å². The van der Waals surface area contributed by atoms with E-state index in [2.05, 4.69) is 13.0 Å². The molecule has 0 spiro atoms. The quantitative estimate of drug-likeness (QED) is 0.602. The van der Waals surface area contributed by atoms with Gasteiger partial charge in [-0.2, -0.15) is 0 Å². The van der Waals surface area contributed by atoms with Crippen molar-refractivity contribution >= 4 is 0 Å². The molecule has 0 aromatic rings. The van der Waals surface area contributed by atoms with Crippen molar-refractivity contribution < 1.29 is 9.47 Å². The first-order chi connectivity index (χ1) is 10.3. The summed E-state index contributed by atoms with van der Waals surface area (Å²) in [6, 6.07) is 0. The summed E-state index contributed by atoms with van der Waals surface area (Å²) in [6.07, 6.45) is 16.4. The summed E-state index contributed by atoms with van der Waals surface area (Å²) in [7, 11) is 1.84. The maximum absolute atomic E-state index is 5.64. The van der Waals surface area contributed by atoms with E-state index in [9.17, 15) is 0 Å². The Balaban J connectivity index is 1.62. The van der Waals surface area contributed by atoms with Gasteiger partial charge in [-0.15, -0.1) is 0 Å². The van der Waals surface area contributed by atoms with Gasteiger partial charge in [0.2, 0.25) is 0 Å². The zero-order valence-electron chi connectivity index (χ0n) is 14.1. The fourth-order valence-corrected chi connectivity index (χ4v) is 4.24. The highest BCUT2D eigenvalue weighted by molar-refractivity contribution is 4.82. The van der Waals surface area contributed by atoms with Gasteiger partial charge in [-0.3, -0.25) is 0 Å². The Bertz CT molecular complexity index is 284. The standard InChI is InChI=1S/C19H34O2/c1-3-4-13-21-15-17-7-11-19(12-8-17)18-9-5-16(6-10-18)14-20-2/h4,13,16-19H,3,5-12,14-15H2,1-2H3/t16-,17-,18-,19-. The molecule has 0 N–H and O–H groups in total. The molecule has 2 nitrogen and oxygen atoms in total. The minimum absolute atomic E-state index is 0.799. The third-order valence-corrected chi connectivity index (χ3v) is 5.61. The molecule has 0 aliphatic heterocycles. The number of hydrogen-bond donors (Lipinski definition) is 0. The Hall–Kier alpha value is -0.500. The lowest BCUT2D eigenvalue weighted by Crippen LogP contribution is -2.27. The van der Waals surface area contributed by atoms with Gasteiger partial charge in [-0.1, -0.05) is 13.0 Å². The molecular formula is C19H34O2. The molecule has 0 aromatic heterocycles. The molecule has 0 saturated heterocycles. The molecule has 2 aliphatic carbocycles. The third kappa shape index (κ3) is 5.65. The molecule has 2 heteroatoms. The van der Waals surface area contributed by atoms with Crippen LogP contribution in [0.2, 0.25) is 0 Å². The molecule has 0 radical (unpaired) electrons. The van der Waals surface area contributed by atoms with Crippen molar-refractivity contribution in [1.82, 2.24) is 0 Å². The second-order valence-corrected chi connectivity index (χ2v) is 7.13. The van der Waals surface area contributed by atoms with Gasteiger partial charge in [0, 0.05) is 13.7 Å². The fourth-order valence-electron chi connectivity index (χ4n) is 4.24. The summed E-state index contributed by atoms with van der Waals surface area (Å²) in [6.45, 7) is 4.05. The van der Waals surface area contributed by atoms with Gasteiger partial charge in [-0.25, -0.2) is 0 Å². The van der Waals surface area contributed by atoms with E-state index < -0.39 is 0 Å². The zero-order valence-corrected chi connectivity index (χ0v) is 14.1. The van der Waals surface area contributed by atoms with Gasteiger partial charge in [0.05, 0.1) is 12.9 Å². The van der Waals surface area contributed by atoms with Gasteiger partial charge in [0.1, 0.15) is 0 Å². The Morgan fingerprint density at radius 1 is 0.810 bits per heavy atom. The van der Waals surface area contributed by atoms with Crippen LogP contribution in [0.1, 0.15) is 64.7 Å². The van der Waals surface area contributed by atoms with Crippen LogP contribution in [-0.4, -0.2) is 20.3 Å². The van der Waals surface area contributed by atoms with Crippen molar-refractivity contribution in [1.29, 1.82) is 0 Å². The molecule has 0 unspecified atom stereocenters. The third-order valence-electron chi connectivity index (χ3n) is 5.61. The van der Waals surface area contributed by atoms with Gasteiger partial charge < -0.3 is 9.47 Å².